The lowest BCUT2D eigenvalue weighted by Crippen LogP contribution is -2.23. The quantitative estimate of drug-likeness (QED) is 0.601. The third-order valence-corrected chi connectivity index (χ3v) is 6.47. The van der Waals surface area contributed by atoms with E-state index in [9.17, 15) is 0 Å². The Morgan fingerprint density at radius 2 is 2.22 bits per heavy atom. The molecule has 3 rings (SSSR count). The maximum atomic E-state index is 5.89. The second-order valence-electron chi connectivity index (χ2n) is 4.61. The molecule has 4 heteroatoms. The Bertz CT molecular complexity index is 546. The van der Waals surface area contributed by atoms with Gasteiger partial charge in [-0.05, 0) is 57.6 Å². The fourth-order valence-corrected chi connectivity index (χ4v) is 5.08. The van der Waals surface area contributed by atoms with Crippen molar-refractivity contribution in [2.75, 3.05) is 6.61 Å². The first-order valence-corrected chi connectivity index (χ1v) is 8.77. The highest BCUT2D eigenvalue weighted by Gasteiger charge is 2.25. The molecule has 96 valence electrons. The highest BCUT2D eigenvalue weighted by Crippen LogP contribution is 2.41. The zero-order chi connectivity index (χ0) is 12.5. The SMILES string of the molecule is Brc1cccc2c(C(Br)C3CCCCO3)csc12. The zero-order valence-corrected chi connectivity index (χ0v) is 13.9. The van der Waals surface area contributed by atoms with E-state index in [0.29, 0.717) is 10.9 Å². The van der Waals surface area contributed by atoms with Crippen molar-refractivity contribution in [2.24, 2.45) is 0 Å². The van der Waals surface area contributed by atoms with Crippen molar-refractivity contribution in [1.82, 2.24) is 0 Å². The molecular weight excluding hydrogens is 376 g/mol. The van der Waals surface area contributed by atoms with Gasteiger partial charge in [-0.25, -0.2) is 0 Å². The molecule has 1 aromatic heterocycles. The Labute approximate surface area is 128 Å². The Morgan fingerprint density at radius 1 is 1.33 bits per heavy atom. The van der Waals surface area contributed by atoms with E-state index >= 15 is 0 Å². The first-order chi connectivity index (χ1) is 8.77. The number of halogens is 2. The highest BCUT2D eigenvalue weighted by atomic mass is 79.9. The van der Waals surface area contributed by atoms with Gasteiger partial charge < -0.3 is 4.74 Å². The van der Waals surface area contributed by atoms with Crippen molar-refractivity contribution >= 4 is 53.3 Å². The van der Waals surface area contributed by atoms with Gasteiger partial charge in [-0.1, -0.05) is 28.1 Å². The molecule has 2 atom stereocenters. The number of thiophene rings is 1. The van der Waals surface area contributed by atoms with Gasteiger partial charge in [0.15, 0.2) is 0 Å². The van der Waals surface area contributed by atoms with E-state index in [4.69, 9.17) is 4.74 Å². The van der Waals surface area contributed by atoms with Crippen molar-refractivity contribution in [3.8, 4) is 0 Å². The van der Waals surface area contributed by atoms with Crippen LogP contribution in [0.15, 0.2) is 28.1 Å². The number of hydrogen-bond donors (Lipinski definition) is 0. The van der Waals surface area contributed by atoms with Gasteiger partial charge in [-0.15, -0.1) is 11.3 Å². The summed E-state index contributed by atoms with van der Waals surface area (Å²) in [6.45, 7) is 0.901. The first-order valence-electron chi connectivity index (χ1n) is 6.18. The molecule has 1 aliphatic heterocycles. The van der Waals surface area contributed by atoms with Gasteiger partial charge in [-0.3, -0.25) is 0 Å². The van der Waals surface area contributed by atoms with E-state index in [0.717, 1.165) is 13.0 Å². The maximum absolute atomic E-state index is 5.89. The molecule has 1 aliphatic rings. The largest absolute Gasteiger partial charge is 0.377 e. The Hall–Kier alpha value is 0.1000. The summed E-state index contributed by atoms with van der Waals surface area (Å²) in [5.41, 5.74) is 1.36. The van der Waals surface area contributed by atoms with E-state index in [1.807, 2.05) is 0 Å². The van der Waals surface area contributed by atoms with E-state index in [2.05, 4.69) is 55.4 Å². The van der Waals surface area contributed by atoms with Gasteiger partial charge in [0, 0.05) is 15.8 Å². The van der Waals surface area contributed by atoms with Crippen LogP contribution in [0.2, 0.25) is 0 Å². The molecular formula is C14H14Br2OS. The topological polar surface area (TPSA) is 9.23 Å². The number of benzene rings is 1. The molecule has 2 aromatic rings. The van der Waals surface area contributed by atoms with E-state index in [1.165, 1.54) is 33.0 Å². The lowest BCUT2D eigenvalue weighted by Gasteiger charge is -2.26. The third kappa shape index (κ3) is 2.40. The summed E-state index contributed by atoms with van der Waals surface area (Å²) in [6, 6.07) is 6.40. The number of rotatable bonds is 2. The van der Waals surface area contributed by atoms with Crippen molar-refractivity contribution < 1.29 is 4.74 Å². The van der Waals surface area contributed by atoms with Crippen LogP contribution in [-0.2, 0) is 4.74 Å². The fraction of sp³-hybridized carbons (Fsp3) is 0.429. The molecule has 0 amide bonds. The van der Waals surface area contributed by atoms with Crippen molar-refractivity contribution in [3.63, 3.8) is 0 Å². The lowest BCUT2D eigenvalue weighted by atomic mass is 10.0. The molecule has 0 bridgehead atoms. The summed E-state index contributed by atoms with van der Waals surface area (Å²) < 4.78 is 8.40. The molecule has 0 aliphatic carbocycles. The van der Waals surface area contributed by atoms with Crippen LogP contribution in [-0.4, -0.2) is 12.7 Å². The van der Waals surface area contributed by atoms with Crippen LogP contribution >= 0.6 is 43.2 Å². The molecule has 0 N–H and O–H groups in total. The average Bonchev–Trinajstić information content (AvgIpc) is 2.84. The highest BCUT2D eigenvalue weighted by molar-refractivity contribution is 9.10. The second-order valence-corrected chi connectivity index (χ2v) is 7.33. The predicted molar refractivity (Wildman–Crippen MR) is 84.8 cm³/mol. The molecule has 1 nitrogen and oxygen atoms in total. The van der Waals surface area contributed by atoms with Crippen molar-refractivity contribution in [3.05, 3.63) is 33.6 Å². The summed E-state index contributed by atoms with van der Waals surface area (Å²) in [7, 11) is 0. The monoisotopic (exact) mass is 388 g/mol. The minimum atomic E-state index is 0.306. The number of hydrogen-bond acceptors (Lipinski definition) is 2. The minimum Gasteiger partial charge on any atom is -0.377 e. The van der Waals surface area contributed by atoms with Gasteiger partial charge >= 0.3 is 0 Å². The van der Waals surface area contributed by atoms with E-state index in [1.54, 1.807) is 11.3 Å². The summed E-state index contributed by atoms with van der Waals surface area (Å²) in [5, 5.41) is 3.60. The van der Waals surface area contributed by atoms with Crippen LogP contribution < -0.4 is 0 Å². The summed E-state index contributed by atoms with van der Waals surface area (Å²) >= 11 is 9.26. The lowest BCUT2D eigenvalue weighted by molar-refractivity contribution is 0.0163. The molecule has 18 heavy (non-hydrogen) atoms. The van der Waals surface area contributed by atoms with Gasteiger partial charge in [0.2, 0.25) is 0 Å². The summed E-state index contributed by atoms with van der Waals surface area (Å²) in [6.07, 6.45) is 3.95. The van der Waals surface area contributed by atoms with Crippen LogP contribution in [0.1, 0.15) is 29.7 Å². The second kappa shape index (κ2) is 5.61. The Kier molecular flexibility index (Phi) is 4.09. The average molecular weight is 390 g/mol. The smallest absolute Gasteiger partial charge is 0.0741 e. The Morgan fingerprint density at radius 3 is 3.00 bits per heavy atom. The van der Waals surface area contributed by atoms with Gasteiger partial charge in [0.05, 0.1) is 10.9 Å². The van der Waals surface area contributed by atoms with Crippen LogP contribution in [0.3, 0.4) is 0 Å². The van der Waals surface area contributed by atoms with Crippen LogP contribution in [0.5, 0.6) is 0 Å². The molecule has 0 saturated carbocycles. The summed E-state index contributed by atoms with van der Waals surface area (Å²) in [4.78, 5) is 0.306. The first kappa shape index (κ1) is 13.1. The number of ether oxygens (including phenoxy) is 1. The Balaban J connectivity index is 1.96. The molecule has 1 fully saturated rings. The standard InChI is InChI=1S/C14H14Br2OS/c15-11-5-3-4-9-10(8-18-14(9)11)13(16)12-6-1-2-7-17-12/h3-5,8,12-13H,1-2,6-7H2. The van der Waals surface area contributed by atoms with Gasteiger partial charge in [-0.2, -0.15) is 0 Å². The molecule has 0 radical (unpaired) electrons. The molecule has 0 spiro atoms. The predicted octanol–water partition coefficient (Wildman–Crippen LogP) is 5.67. The summed E-state index contributed by atoms with van der Waals surface area (Å²) in [5.74, 6) is 0. The molecule has 2 unspecified atom stereocenters. The minimum absolute atomic E-state index is 0.306. The van der Waals surface area contributed by atoms with E-state index < -0.39 is 0 Å². The van der Waals surface area contributed by atoms with Crippen LogP contribution in [0.25, 0.3) is 10.1 Å². The number of fused-ring (bicyclic) bond motifs is 1. The fourth-order valence-electron chi connectivity index (χ4n) is 2.45. The molecule has 2 heterocycles. The number of alkyl halides is 1. The molecule has 1 aromatic carbocycles. The molecule has 1 saturated heterocycles. The van der Waals surface area contributed by atoms with Gasteiger partial charge in [0.25, 0.3) is 0 Å². The van der Waals surface area contributed by atoms with Crippen LogP contribution in [0, 0.1) is 0 Å². The maximum Gasteiger partial charge on any atom is 0.0741 e. The van der Waals surface area contributed by atoms with E-state index in [-0.39, 0.29) is 0 Å². The van der Waals surface area contributed by atoms with Gasteiger partial charge in [0.1, 0.15) is 0 Å². The third-order valence-electron chi connectivity index (χ3n) is 3.42. The normalized spacial score (nSPS) is 22.2. The zero-order valence-electron chi connectivity index (χ0n) is 9.86. The van der Waals surface area contributed by atoms with Crippen molar-refractivity contribution in [2.45, 2.75) is 30.2 Å². The van der Waals surface area contributed by atoms with Crippen molar-refractivity contribution in [1.29, 1.82) is 0 Å². The van der Waals surface area contributed by atoms with Crippen LogP contribution in [0.4, 0.5) is 0 Å².